The fourth-order valence-corrected chi connectivity index (χ4v) is 4.13. The van der Waals surface area contributed by atoms with E-state index < -0.39 is 17.9 Å². The molecule has 3 unspecified atom stereocenters. The quantitative estimate of drug-likeness (QED) is 0.216. The van der Waals surface area contributed by atoms with Gasteiger partial charge in [0.1, 0.15) is 17.6 Å². The van der Waals surface area contributed by atoms with Crippen LogP contribution in [0.3, 0.4) is 0 Å². The Bertz CT molecular complexity index is 1180. The lowest BCUT2D eigenvalue weighted by molar-refractivity contribution is -0.114. The Morgan fingerprint density at radius 3 is 2.50 bits per heavy atom. The zero-order valence-electron chi connectivity index (χ0n) is 18.7. The molecule has 8 nitrogen and oxygen atoms in total. The van der Waals surface area contributed by atoms with Crippen molar-refractivity contribution in [2.45, 2.75) is 12.1 Å². The molecule has 0 aliphatic carbocycles. The molecule has 3 aromatic rings. The van der Waals surface area contributed by atoms with Crippen LogP contribution in [0.25, 0.3) is 0 Å². The number of ether oxygens (including phenoxy) is 1. The minimum atomic E-state index is -0.674. The fourth-order valence-electron chi connectivity index (χ4n) is 4.13. The minimum absolute atomic E-state index is 0.106. The second kappa shape index (κ2) is 10.3. The molecule has 1 saturated heterocycles. The lowest BCUT2D eigenvalue weighted by Crippen LogP contribution is -2.26. The van der Waals surface area contributed by atoms with Crippen LogP contribution in [0.4, 0.5) is 5.69 Å². The summed E-state index contributed by atoms with van der Waals surface area (Å²) in [5, 5.41) is 32.1. The molecule has 34 heavy (non-hydrogen) atoms. The van der Waals surface area contributed by atoms with Crippen LogP contribution in [0, 0.1) is 16.7 Å². The van der Waals surface area contributed by atoms with Crippen molar-refractivity contribution < 1.29 is 14.7 Å². The number of carbonyl (C=O) groups is 1. The van der Waals surface area contributed by atoms with Crippen LogP contribution >= 0.6 is 0 Å². The van der Waals surface area contributed by atoms with Gasteiger partial charge in [0, 0.05) is 6.54 Å². The third-order valence-corrected chi connectivity index (χ3v) is 5.87. The predicted molar refractivity (Wildman–Crippen MR) is 131 cm³/mol. The highest BCUT2D eigenvalue weighted by atomic mass is 16.5. The molecule has 0 spiro atoms. The Labute approximate surface area is 198 Å². The Morgan fingerprint density at radius 1 is 1.09 bits per heavy atom. The van der Waals surface area contributed by atoms with E-state index in [2.05, 4.69) is 16.1 Å². The first kappa shape index (κ1) is 23.2. The van der Waals surface area contributed by atoms with Crippen LogP contribution in [0.15, 0.2) is 78.9 Å². The molecule has 8 heteroatoms. The van der Waals surface area contributed by atoms with E-state index in [4.69, 9.17) is 15.6 Å². The zero-order chi connectivity index (χ0) is 24.1. The molecule has 174 valence electrons. The molecule has 1 aliphatic rings. The Kier molecular flexibility index (Phi) is 7.01. The molecule has 3 atom stereocenters. The number of anilines is 1. The van der Waals surface area contributed by atoms with Crippen LogP contribution in [-0.2, 0) is 4.79 Å². The predicted octanol–water partition coefficient (Wildman–Crippen LogP) is 3.70. The monoisotopic (exact) mass is 457 g/mol. The van der Waals surface area contributed by atoms with Crippen LogP contribution in [-0.4, -0.2) is 36.1 Å². The third kappa shape index (κ3) is 4.83. The second-order valence-corrected chi connectivity index (χ2v) is 8.09. The van der Waals surface area contributed by atoms with Gasteiger partial charge in [0.2, 0.25) is 0 Å². The number of hydrogen-bond acceptors (Lipinski definition) is 7. The van der Waals surface area contributed by atoms with Gasteiger partial charge in [0.05, 0.1) is 23.4 Å². The summed E-state index contributed by atoms with van der Waals surface area (Å²) in [5.74, 6) is -0.490. The summed E-state index contributed by atoms with van der Waals surface area (Å²) in [5.41, 5.74) is 5.24. The third-order valence-electron chi connectivity index (χ3n) is 5.87. The van der Waals surface area contributed by atoms with Crippen molar-refractivity contribution in [3.63, 3.8) is 0 Å². The van der Waals surface area contributed by atoms with E-state index in [-0.39, 0.29) is 17.5 Å². The molecule has 0 bridgehead atoms. The van der Waals surface area contributed by atoms with Crippen molar-refractivity contribution in [1.82, 2.24) is 10.6 Å². The minimum Gasteiger partial charge on any atom is -0.484 e. The number of amides is 1. The molecule has 0 saturated carbocycles. The molecule has 6 N–H and O–H groups in total. The maximum absolute atomic E-state index is 12.3. The van der Waals surface area contributed by atoms with Gasteiger partial charge in [-0.25, -0.2) is 0 Å². The van der Waals surface area contributed by atoms with Crippen molar-refractivity contribution in [1.29, 1.82) is 10.8 Å². The van der Waals surface area contributed by atoms with E-state index in [1.54, 1.807) is 6.07 Å². The Hall–Kier alpha value is -4.01. The highest BCUT2D eigenvalue weighted by Crippen LogP contribution is 2.33. The average molecular weight is 458 g/mol. The van der Waals surface area contributed by atoms with E-state index >= 15 is 0 Å². The molecule has 1 amide bonds. The number of carbonyl (C=O) groups excluding carboxylic acids is 1. The van der Waals surface area contributed by atoms with E-state index in [1.165, 1.54) is 0 Å². The van der Waals surface area contributed by atoms with Crippen molar-refractivity contribution in [2.75, 3.05) is 19.1 Å². The molecule has 1 aliphatic heterocycles. The second-order valence-electron chi connectivity index (χ2n) is 8.09. The molecule has 0 aromatic heterocycles. The van der Waals surface area contributed by atoms with Gasteiger partial charge >= 0.3 is 0 Å². The zero-order valence-corrected chi connectivity index (χ0v) is 18.7. The lowest BCUT2D eigenvalue weighted by Gasteiger charge is -2.22. The van der Waals surface area contributed by atoms with E-state index in [0.29, 0.717) is 23.5 Å². The van der Waals surface area contributed by atoms with Crippen LogP contribution in [0.5, 0.6) is 5.75 Å². The van der Waals surface area contributed by atoms with Gasteiger partial charge in [-0.05, 0) is 48.0 Å². The first-order chi connectivity index (χ1) is 16.5. The summed E-state index contributed by atoms with van der Waals surface area (Å²) < 4.78 is 6.20. The first-order valence-electron chi connectivity index (χ1n) is 11.0. The number of hydrogen-bond donors (Lipinski definition) is 6. The summed E-state index contributed by atoms with van der Waals surface area (Å²) in [6.07, 6.45) is -0.289. The molecular formula is C26H27N5O3. The van der Waals surface area contributed by atoms with Crippen molar-refractivity contribution in [3.8, 4) is 5.75 Å². The van der Waals surface area contributed by atoms with Crippen molar-refractivity contribution in [3.05, 3.63) is 95.6 Å². The van der Waals surface area contributed by atoms with Gasteiger partial charge in [-0.15, -0.1) is 0 Å². The molecule has 3 aromatic carbocycles. The van der Waals surface area contributed by atoms with Crippen LogP contribution in [0.2, 0.25) is 0 Å². The molecule has 1 heterocycles. The smallest absolute Gasteiger partial charge is 0.266 e. The number of nitrogens with one attached hydrogen (secondary N) is 5. The van der Waals surface area contributed by atoms with E-state index in [1.807, 2.05) is 79.8 Å². The van der Waals surface area contributed by atoms with E-state index in [0.717, 1.165) is 11.1 Å². The Balaban J connectivity index is 1.55. The van der Waals surface area contributed by atoms with Gasteiger partial charge in [0.15, 0.2) is 0 Å². The number of likely N-dealkylation sites (N-methyl/N-ethyl adjacent to an activating group) is 1. The number of benzene rings is 3. The summed E-state index contributed by atoms with van der Waals surface area (Å²) in [6.45, 7) is 0.558. The molecular weight excluding hydrogens is 430 g/mol. The van der Waals surface area contributed by atoms with Crippen molar-refractivity contribution in [2.24, 2.45) is 5.92 Å². The summed E-state index contributed by atoms with van der Waals surface area (Å²) in [4.78, 5) is 12.3. The summed E-state index contributed by atoms with van der Waals surface area (Å²) in [6, 6.07) is 23.4. The first-order valence-corrected chi connectivity index (χ1v) is 11.0. The number of rotatable bonds is 9. The maximum atomic E-state index is 12.3. The van der Waals surface area contributed by atoms with Gasteiger partial charge in [-0.2, -0.15) is 0 Å². The van der Waals surface area contributed by atoms with Gasteiger partial charge < -0.3 is 20.8 Å². The largest absolute Gasteiger partial charge is 0.484 e. The van der Waals surface area contributed by atoms with Gasteiger partial charge in [0.25, 0.3) is 5.91 Å². The summed E-state index contributed by atoms with van der Waals surface area (Å²) in [7, 11) is 1.84. The molecule has 0 radical (unpaired) electrons. The summed E-state index contributed by atoms with van der Waals surface area (Å²) >= 11 is 0. The molecule has 1 fully saturated rings. The standard InChI is InChI=1S/C26H27N5O3/c1-29-15-21(18-8-5-9-19(14-18)31-33)34-20-12-10-17(11-13-20)25-22(24(28)26(32)30-25)23(27)16-6-3-2-4-7-16/h2-14,21-22,25,27-29,31,33H,15H2,1H3,(H,30,32). The normalized spacial score (nSPS) is 18.3. The SMILES string of the molecule is CNCC(Oc1ccc(C2NC(=O)C(=N)C2C(=N)c2ccccc2)cc1)c1cccc(NO)c1. The average Bonchev–Trinajstić information content (AvgIpc) is 3.18. The van der Waals surface area contributed by atoms with Crippen molar-refractivity contribution >= 4 is 23.0 Å². The topological polar surface area (TPSA) is 130 Å². The van der Waals surface area contributed by atoms with E-state index in [9.17, 15) is 10.0 Å². The Morgan fingerprint density at radius 2 is 1.82 bits per heavy atom. The van der Waals surface area contributed by atoms with Crippen LogP contribution in [0.1, 0.15) is 28.8 Å². The highest BCUT2D eigenvalue weighted by molar-refractivity contribution is 6.45. The maximum Gasteiger partial charge on any atom is 0.266 e. The van der Waals surface area contributed by atoms with Gasteiger partial charge in [-0.1, -0.05) is 54.6 Å². The highest BCUT2D eigenvalue weighted by Gasteiger charge is 2.41. The molecule has 4 rings (SSSR count). The van der Waals surface area contributed by atoms with Gasteiger partial charge in [-0.3, -0.25) is 20.9 Å². The fraction of sp³-hybridized carbons (Fsp3) is 0.192. The lowest BCUT2D eigenvalue weighted by atomic mass is 9.86. The van der Waals surface area contributed by atoms with Crippen LogP contribution < -0.4 is 20.9 Å².